The van der Waals surface area contributed by atoms with Crippen molar-refractivity contribution in [3.8, 4) is 5.75 Å². The molecule has 0 spiro atoms. The van der Waals surface area contributed by atoms with Crippen LogP contribution in [0.3, 0.4) is 0 Å². The van der Waals surface area contributed by atoms with Crippen molar-refractivity contribution in [2.24, 2.45) is 0 Å². The highest BCUT2D eigenvalue weighted by Gasteiger charge is 2.32. The second-order valence-electron chi connectivity index (χ2n) is 9.36. The van der Waals surface area contributed by atoms with Crippen LogP contribution in [0.2, 0.25) is 0 Å². The zero-order chi connectivity index (χ0) is 30.0. The van der Waals surface area contributed by atoms with Gasteiger partial charge >= 0.3 is 0 Å². The highest BCUT2D eigenvalue weighted by Crippen LogP contribution is 2.27. The quantitative estimate of drug-likeness (QED) is 0.233. The van der Waals surface area contributed by atoms with Crippen LogP contribution in [0.25, 0.3) is 0 Å². The first-order valence-electron chi connectivity index (χ1n) is 13.4. The Balaban J connectivity index is 2.00. The van der Waals surface area contributed by atoms with E-state index in [2.05, 4.69) is 21.2 Å². The Bertz CT molecular complexity index is 1400. The summed E-state index contributed by atoms with van der Waals surface area (Å²) in [7, 11) is -4.29. The molecule has 0 saturated heterocycles. The lowest BCUT2D eigenvalue weighted by atomic mass is 10.1. The average Bonchev–Trinajstić information content (AvgIpc) is 2.96. The van der Waals surface area contributed by atoms with Gasteiger partial charge in [-0.05, 0) is 86.5 Å². The van der Waals surface area contributed by atoms with Crippen LogP contribution < -0.4 is 14.4 Å². The molecule has 3 aromatic carbocycles. The van der Waals surface area contributed by atoms with Crippen molar-refractivity contribution in [1.29, 1.82) is 0 Å². The summed E-state index contributed by atoms with van der Waals surface area (Å²) in [5, 5.41) is 2.86. The molecule has 41 heavy (non-hydrogen) atoms. The van der Waals surface area contributed by atoms with Crippen LogP contribution in [0, 0.1) is 5.82 Å². The maximum atomic E-state index is 13.9. The monoisotopic (exact) mass is 647 g/mol. The van der Waals surface area contributed by atoms with Crippen molar-refractivity contribution in [2.45, 2.75) is 51.1 Å². The van der Waals surface area contributed by atoms with Crippen molar-refractivity contribution < 1.29 is 27.1 Å². The van der Waals surface area contributed by atoms with Crippen LogP contribution in [-0.4, -0.2) is 50.9 Å². The van der Waals surface area contributed by atoms with E-state index in [1.54, 1.807) is 31.2 Å². The standard InChI is InChI=1S/C30H35BrFN3O5S/c1-4-6-19-33-30(37)22(3)34(20-23-7-9-24(31)10-8-23)29(36)21-35(26-13-15-27(16-14-26)40-5-2)41(38,39)28-17-11-25(32)12-18-28/h7-18,22H,4-6,19-21H2,1-3H3,(H,33,37)/t22-/m0/s1. The van der Waals surface area contributed by atoms with E-state index in [0.717, 1.165) is 51.4 Å². The number of sulfonamides is 1. The SMILES string of the molecule is CCCCNC(=O)[C@H](C)N(Cc1ccc(Br)cc1)C(=O)CN(c1ccc(OCC)cc1)S(=O)(=O)c1ccc(F)cc1. The molecule has 0 aliphatic carbocycles. The molecule has 0 saturated carbocycles. The highest BCUT2D eigenvalue weighted by atomic mass is 79.9. The number of carbonyl (C=O) groups is 2. The van der Waals surface area contributed by atoms with Crippen molar-refractivity contribution >= 4 is 43.5 Å². The van der Waals surface area contributed by atoms with E-state index >= 15 is 0 Å². The summed E-state index contributed by atoms with van der Waals surface area (Å²) in [6.45, 7) is 5.86. The molecule has 0 fully saturated rings. The molecule has 0 aliphatic rings. The molecule has 0 aliphatic heterocycles. The Morgan fingerprint density at radius 3 is 2.20 bits per heavy atom. The van der Waals surface area contributed by atoms with Crippen molar-refractivity contribution in [3.05, 3.63) is 88.6 Å². The van der Waals surface area contributed by atoms with E-state index in [9.17, 15) is 22.4 Å². The molecule has 8 nitrogen and oxygen atoms in total. The second kappa shape index (κ2) is 15.0. The van der Waals surface area contributed by atoms with Crippen LogP contribution in [0.5, 0.6) is 5.75 Å². The van der Waals surface area contributed by atoms with Crippen LogP contribution in [0.1, 0.15) is 39.2 Å². The third-order valence-electron chi connectivity index (χ3n) is 6.38. The van der Waals surface area contributed by atoms with Crippen molar-refractivity contribution in [3.63, 3.8) is 0 Å². The molecule has 0 radical (unpaired) electrons. The van der Waals surface area contributed by atoms with E-state index in [0.29, 0.717) is 18.9 Å². The Morgan fingerprint density at radius 1 is 0.976 bits per heavy atom. The van der Waals surface area contributed by atoms with Gasteiger partial charge in [-0.25, -0.2) is 12.8 Å². The van der Waals surface area contributed by atoms with Gasteiger partial charge in [0.15, 0.2) is 0 Å². The molecule has 0 aromatic heterocycles. The van der Waals surface area contributed by atoms with Crippen LogP contribution in [-0.2, 0) is 26.2 Å². The summed E-state index contributed by atoms with van der Waals surface area (Å²) < 4.78 is 48.5. The summed E-state index contributed by atoms with van der Waals surface area (Å²) >= 11 is 3.40. The number of hydrogen-bond acceptors (Lipinski definition) is 5. The van der Waals surface area contributed by atoms with Gasteiger partial charge in [0.25, 0.3) is 10.0 Å². The summed E-state index contributed by atoms with van der Waals surface area (Å²) in [4.78, 5) is 28.1. The van der Waals surface area contributed by atoms with Crippen LogP contribution in [0.15, 0.2) is 82.2 Å². The van der Waals surface area contributed by atoms with E-state index in [-0.39, 0.29) is 23.0 Å². The maximum Gasteiger partial charge on any atom is 0.264 e. The predicted molar refractivity (Wildman–Crippen MR) is 161 cm³/mol. The number of unbranched alkanes of at least 4 members (excludes halogenated alkanes) is 1. The molecule has 2 amide bonds. The van der Waals surface area contributed by atoms with Gasteiger partial charge in [0.05, 0.1) is 17.2 Å². The molecule has 220 valence electrons. The zero-order valence-electron chi connectivity index (χ0n) is 23.3. The molecule has 0 bridgehead atoms. The third kappa shape index (κ3) is 8.77. The Morgan fingerprint density at radius 2 is 1.61 bits per heavy atom. The molecule has 3 aromatic rings. The van der Waals surface area contributed by atoms with E-state index in [1.807, 2.05) is 38.1 Å². The molecule has 0 heterocycles. The van der Waals surface area contributed by atoms with Gasteiger partial charge in [-0.2, -0.15) is 0 Å². The minimum atomic E-state index is -4.29. The fourth-order valence-corrected chi connectivity index (χ4v) is 5.72. The van der Waals surface area contributed by atoms with Gasteiger partial charge in [0, 0.05) is 17.6 Å². The first kappa shape index (κ1) is 32.1. The number of rotatable bonds is 14. The number of amides is 2. The van der Waals surface area contributed by atoms with Gasteiger partial charge in [-0.3, -0.25) is 13.9 Å². The summed E-state index contributed by atoms with van der Waals surface area (Å²) in [5.41, 5.74) is 0.985. The molecular formula is C30H35BrFN3O5S. The molecule has 0 unspecified atom stereocenters. The van der Waals surface area contributed by atoms with E-state index in [1.165, 1.54) is 4.90 Å². The highest BCUT2D eigenvalue weighted by molar-refractivity contribution is 9.10. The Hall–Kier alpha value is -3.44. The average molecular weight is 649 g/mol. The number of anilines is 1. The Labute approximate surface area is 249 Å². The van der Waals surface area contributed by atoms with E-state index in [4.69, 9.17) is 4.74 Å². The molecule has 1 N–H and O–H groups in total. The smallest absolute Gasteiger partial charge is 0.264 e. The molecular weight excluding hydrogens is 613 g/mol. The van der Waals surface area contributed by atoms with Crippen molar-refractivity contribution in [1.82, 2.24) is 10.2 Å². The van der Waals surface area contributed by atoms with Gasteiger partial charge < -0.3 is 15.0 Å². The number of ether oxygens (including phenoxy) is 1. The topological polar surface area (TPSA) is 96.0 Å². The van der Waals surface area contributed by atoms with Crippen LogP contribution >= 0.6 is 15.9 Å². The third-order valence-corrected chi connectivity index (χ3v) is 8.70. The Kier molecular flexibility index (Phi) is 11.7. The minimum absolute atomic E-state index is 0.0855. The number of nitrogens with one attached hydrogen (secondary N) is 1. The maximum absolute atomic E-state index is 13.9. The van der Waals surface area contributed by atoms with Gasteiger partial charge in [0.2, 0.25) is 11.8 Å². The number of hydrogen-bond donors (Lipinski definition) is 1. The second-order valence-corrected chi connectivity index (χ2v) is 12.1. The minimum Gasteiger partial charge on any atom is -0.494 e. The number of nitrogens with zero attached hydrogens (tertiary/aromatic N) is 2. The first-order valence-corrected chi connectivity index (χ1v) is 15.6. The van der Waals surface area contributed by atoms with Crippen molar-refractivity contribution in [2.75, 3.05) is 24.0 Å². The number of carbonyl (C=O) groups excluding carboxylic acids is 2. The fourth-order valence-electron chi connectivity index (χ4n) is 4.04. The first-order chi connectivity index (χ1) is 19.6. The predicted octanol–water partition coefficient (Wildman–Crippen LogP) is 5.52. The summed E-state index contributed by atoms with van der Waals surface area (Å²) in [6.07, 6.45) is 1.69. The molecule has 1 atom stereocenters. The fraction of sp³-hybridized carbons (Fsp3) is 0.333. The number of halogens is 2. The summed E-state index contributed by atoms with van der Waals surface area (Å²) in [5.74, 6) is -0.962. The van der Waals surface area contributed by atoms with Crippen LogP contribution in [0.4, 0.5) is 10.1 Å². The zero-order valence-corrected chi connectivity index (χ0v) is 25.8. The summed E-state index contributed by atoms with van der Waals surface area (Å²) in [6, 6.07) is 17.1. The largest absolute Gasteiger partial charge is 0.494 e. The van der Waals surface area contributed by atoms with Gasteiger partial charge in [-0.1, -0.05) is 41.4 Å². The normalized spacial score (nSPS) is 11.9. The lowest BCUT2D eigenvalue weighted by molar-refractivity contribution is -0.139. The van der Waals surface area contributed by atoms with Gasteiger partial charge in [-0.15, -0.1) is 0 Å². The van der Waals surface area contributed by atoms with Gasteiger partial charge in [0.1, 0.15) is 24.2 Å². The molecule has 11 heteroatoms. The van der Waals surface area contributed by atoms with E-state index < -0.39 is 34.3 Å². The molecule has 3 rings (SSSR count). The lowest BCUT2D eigenvalue weighted by Crippen LogP contribution is -2.51. The lowest BCUT2D eigenvalue weighted by Gasteiger charge is -2.32. The number of benzene rings is 3.